The maximum absolute atomic E-state index is 9.17. The molecular formula is C15H10BrN3. The van der Waals surface area contributed by atoms with Crippen molar-refractivity contribution in [1.29, 1.82) is 10.5 Å². The first-order valence-corrected chi connectivity index (χ1v) is 6.39. The van der Waals surface area contributed by atoms with Crippen LogP contribution in [0.3, 0.4) is 0 Å². The van der Waals surface area contributed by atoms with Gasteiger partial charge in [0, 0.05) is 11.5 Å². The van der Waals surface area contributed by atoms with E-state index in [1.807, 2.05) is 42.3 Å². The lowest BCUT2D eigenvalue weighted by molar-refractivity contribution is 1.19. The number of hydrogen-bond donors (Lipinski definition) is 0. The van der Waals surface area contributed by atoms with Crippen LogP contribution in [0.1, 0.15) is 11.1 Å². The van der Waals surface area contributed by atoms with E-state index in [9.17, 15) is 5.26 Å². The second kappa shape index (κ2) is 5.56. The van der Waals surface area contributed by atoms with Gasteiger partial charge in [-0.1, -0.05) is 28.1 Å². The number of benzene rings is 2. The Labute approximate surface area is 120 Å². The van der Waals surface area contributed by atoms with Crippen LogP contribution in [0.15, 0.2) is 46.9 Å². The molecule has 0 bridgehead atoms. The van der Waals surface area contributed by atoms with Crippen molar-refractivity contribution in [3.05, 3.63) is 58.1 Å². The van der Waals surface area contributed by atoms with Crippen LogP contribution < -0.4 is 4.90 Å². The highest BCUT2D eigenvalue weighted by atomic mass is 79.9. The largest absolute Gasteiger partial charge is 0.342 e. The van der Waals surface area contributed by atoms with Gasteiger partial charge in [-0.05, 0) is 30.3 Å². The van der Waals surface area contributed by atoms with Crippen LogP contribution in [-0.4, -0.2) is 7.05 Å². The molecule has 0 aliphatic heterocycles. The van der Waals surface area contributed by atoms with E-state index in [0.717, 1.165) is 15.8 Å². The normalized spacial score (nSPS) is 9.47. The number of anilines is 2. The van der Waals surface area contributed by atoms with Crippen LogP contribution in [0.4, 0.5) is 11.4 Å². The van der Waals surface area contributed by atoms with Crippen LogP contribution in [-0.2, 0) is 0 Å². The Morgan fingerprint density at radius 1 is 0.947 bits per heavy atom. The molecule has 0 amide bonds. The molecule has 3 nitrogen and oxygen atoms in total. The summed E-state index contributed by atoms with van der Waals surface area (Å²) in [4.78, 5) is 1.85. The third-order valence-electron chi connectivity index (χ3n) is 2.83. The lowest BCUT2D eigenvalue weighted by atomic mass is 10.1. The molecule has 92 valence electrons. The second-order valence-electron chi connectivity index (χ2n) is 3.96. The smallest absolute Gasteiger partial charge is 0.101 e. The zero-order valence-electron chi connectivity index (χ0n) is 10.3. The van der Waals surface area contributed by atoms with Gasteiger partial charge in [0.15, 0.2) is 0 Å². The summed E-state index contributed by atoms with van der Waals surface area (Å²) in [7, 11) is 1.85. The highest BCUT2D eigenvalue weighted by Gasteiger charge is 2.12. The summed E-state index contributed by atoms with van der Waals surface area (Å²) in [6, 6.07) is 17.1. The Bertz CT molecular complexity index is 695. The minimum absolute atomic E-state index is 0.568. The van der Waals surface area contributed by atoms with Gasteiger partial charge < -0.3 is 4.90 Å². The van der Waals surface area contributed by atoms with E-state index in [1.165, 1.54) is 0 Å². The summed E-state index contributed by atoms with van der Waals surface area (Å²) in [5.41, 5.74) is 2.69. The molecule has 0 aromatic heterocycles. The first kappa shape index (κ1) is 13.1. The molecule has 2 aromatic carbocycles. The van der Waals surface area contributed by atoms with Crippen molar-refractivity contribution < 1.29 is 0 Å². The minimum Gasteiger partial charge on any atom is -0.342 e. The van der Waals surface area contributed by atoms with Gasteiger partial charge in [0.25, 0.3) is 0 Å². The molecule has 0 atom stereocenters. The summed E-state index contributed by atoms with van der Waals surface area (Å²) in [6.07, 6.45) is 0. The Morgan fingerprint density at radius 3 is 2.26 bits per heavy atom. The van der Waals surface area contributed by atoms with Crippen molar-refractivity contribution in [3.8, 4) is 12.1 Å². The zero-order valence-corrected chi connectivity index (χ0v) is 11.8. The van der Waals surface area contributed by atoms with Crippen molar-refractivity contribution in [1.82, 2.24) is 0 Å². The molecule has 0 aliphatic carbocycles. The molecule has 4 heteroatoms. The third kappa shape index (κ3) is 2.59. The molecule has 0 fully saturated rings. The number of nitrogens with zero attached hydrogens (tertiary/aromatic N) is 3. The van der Waals surface area contributed by atoms with Gasteiger partial charge in [0.05, 0.1) is 22.5 Å². The highest BCUT2D eigenvalue weighted by molar-refractivity contribution is 9.10. The third-order valence-corrected chi connectivity index (χ3v) is 3.32. The molecule has 0 heterocycles. The molecule has 0 saturated carbocycles. The molecular weight excluding hydrogens is 302 g/mol. The average Bonchev–Trinajstić information content (AvgIpc) is 2.46. The topological polar surface area (TPSA) is 50.8 Å². The van der Waals surface area contributed by atoms with Crippen LogP contribution >= 0.6 is 15.9 Å². The number of nitriles is 2. The van der Waals surface area contributed by atoms with Crippen LogP contribution in [0.5, 0.6) is 0 Å². The quantitative estimate of drug-likeness (QED) is 0.843. The van der Waals surface area contributed by atoms with Gasteiger partial charge in [-0.15, -0.1) is 0 Å². The second-order valence-corrected chi connectivity index (χ2v) is 4.88. The molecule has 0 aliphatic rings. The van der Waals surface area contributed by atoms with Crippen molar-refractivity contribution in [2.24, 2.45) is 0 Å². The van der Waals surface area contributed by atoms with Gasteiger partial charge in [-0.3, -0.25) is 0 Å². The maximum atomic E-state index is 9.17. The van der Waals surface area contributed by atoms with E-state index in [4.69, 9.17) is 5.26 Å². The van der Waals surface area contributed by atoms with Gasteiger partial charge in [-0.25, -0.2) is 0 Å². The molecule has 0 N–H and O–H groups in total. The summed E-state index contributed by atoms with van der Waals surface area (Å²) in [5, 5.41) is 18.3. The van der Waals surface area contributed by atoms with E-state index in [1.54, 1.807) is 12.1 Å². The Balaban J connectivity index is 2.57. The average molecular weight is 312 g/mol. The Kier molecular flexibility index (Phi) is 3.85. The number of hydrogen-bond acceptors (Lipinski definition) is 3. The van der Waals surface area contributed by atoms with E-state index in [-0.39, 0.29) is 0 Å². The van der Waals surface area contributed by atoms with Gasteiger partial charge in [0.1, 0.15) is 12.1 Å². The predicted octanol–water partition coefficient (Wildman–Crippen LogP) is 3.96. The van der Waals surface area contributed by atoms with E-state index in [0.29, 0.717) is 11.1 Å². The fourth-order valence-electron chi connectivity index (χ4n) is 1.87. The monoisotopic (exact) mass is 311 g/mol. The van der Waals surface area contributed by atoms with Crippen molar-refractivity contribution in [2.45, 2.75) is 0 Å². The molecule has 0 radical (unpaired) electrons. The lowest BCUT2D eigenvalue weighted by Crippen LogP contribution is -2.12. The molecule has 0 spiro atoms. The van der Waals surface area contributed by atoms with Crippen molar-refractivity contribution in [2.75, 3.05) is 11.9 Å². The highest BCUT2D eigenvalue weighted by Crippen LogP contribution is 2.31. The zero-order chi connectivity index (χ0) is 13.8. The molecule has 19 heavy (non-hydrogen) atoms. The SMILES string of the molecule is CN(c1ccccc1C#N)c1cc(Br)ccc1C#N. The fraction of sp³-hybridized carbons (Fsp3) is 0.0667. The van der Waals surface area contributed by atoms with Crippen molar-refractivity contribution in [3.63, 3.8) is 0 Å². The maximum Gasteiger partial charge on any atom is 0.101 e. The van der Waals surface area contributed by atoms with Gasteiger partial charge in [-0.2, -0.15) is 10.5 Å². The number of halogens is 1. The summed E-state index contributed by atoms with van der Waals surface area (Å²) in [6.45, 7) is 0. The van der Waals surface area contributed by atoms with E-state index in [2.05, 4.69) is 28.1 Å². The summed E-state index contributed by atoms with van der Waals surface area (Å²) in [5.74, 6) is 0. The summed E-state index contributed by atoms with van der Waals surface area (Å²) >= 11 is 3.40. The fourth-order valence-corrected chi connectivity index (χ4v) is 2.22. The van der Waals surface area contributed by atoms with Gasteiger partial charge >= 0.3 is 0 Å². The van der Waals surface area contributed by atoms with Crippen LogP contribution in [0.25, 0.3) is 0 Å². The Morgan fingerprint density at radius 2 is 1.58 bits per heavy atom. The molecule has 0 unspecified atom stereocenters. The molecule has 0 saturated heterocycles. The van der Waals surface area contributed by atoms with Crippen molar-refractivity contribution >= 4 is 27.3 Å². The standard InChI is InChI=1S/C15H10BrN3/c1-19(14-5-3-2-4-11(14)9-17)15-8-13(16)7-6-12(15)10-18/h2-8H,1H3. The first-order chi connectivity index (χ1) is 9.17. The lowest BCUT2D eigenvalue weighted by Gasteiger charge is -2.22. The Hall–Kier alpha value is -2.30. The first-order valence-electron chi connectivity index (χ1n) is 5.60. The minimum atomic E-state index is 0.568. The van der Waals surface area contributed by atoms with Crippen LogP contribution in [0.2, 0.25) is 0 Å². The predicted molar refractivity (Wildman–Crippen MR) is 78.1 cm³/mol. The summed E-state index contributed by atoms with van der Waals surface area (Å²) < 4.78 is 0.891. The van der Waals surface area contributed by atoms with Gasteiger partial charge in [0.2, 0.25) is 0 Å². The molecule has 2 rings (SSSR count). The van der Waals surface area contributed by atoms with E-state index >= 15 is 0 Å². The number of rotatable bonds is 2. The number of para-hydroxylation sites is 1. The van der Waals surface area contributed by atoms with Crippen LogP contribution in [0, 0.1) is 22.7 Å². The molecule has 2 aromatic rings. The van der Waals surface area contributed by atoms with E-state index < -0.39 is 0 Å².